The van der Waals surface area contributed by atoms with E-state index in [1.54, 1.807) is 21.7 Å². The average Bonchev–Trinajstić information content (AvgIpc) is 2.82. The van der Waals surface area contributed by atoms with Crippen LogP contribution < -0.4 is 15.4 Å². The van der Waals surface area contributed by atoms with E-state index in [1.807, 2.05) is 6.92 Å². The number of halogens is 4. The molecule has 34 heavy (non-hydrogen) atoms. The van der Waals surface area contributed by atoms with Gasteiger partial charge in [0.05, 0.1) is 37.1 Å². The number of aromatic amines is 1. The highest BCUT2D eigenvalue weighted by atomic mass is 35.5. The van der Waals surface area contributed by atoms with Gasteiger partial charge in [0.2, 0.25) is 11.9 Å². The lowest BCUT2D eigenvalue weighted by Crippen LogP contribution is -2.49. The summed E-state index contributed by atoms with van der Waals surface area (Å²) in [6, 6.07) is -0.122. The molecule has 14 heteroatoms. The fourth-order valence-corrected chi connectivity index (χ4v) is 3.55. The topological polar surface area (TPSA) is 108 Å². The third-order valence-corrected chi connectivity index (χ3v) is 5.88. The molecule has 0 radical (unpaired) electrons. The number of hydrogen-bond donors (Lipinski definition) is 1. The number of aromatic nitrogens is 4. The fraction of sp³-hybridized carbons (Fsp3) is 0.550. The van der Waals surface area contributed by atoms with E-state index in [2.05, 4.69) is 20.2 Å². The Hall–Kier alpha value is -2.93. The van der Waals surface area contributed by atoms with Crippen molar-refractivity contribution in [2.75, 3.05) is 56.2 Å². The first kappa shape index (κ1) is 25.7. The highest BCUT2D eigenvalue weighted by molar-refractivity contribution is 6.32. The quantitative estimate of drug-likeness (QED) is 0.543. The molecule has 2 aromatic rings. The van der Waals surface area contributed by atoms with E-state index in [-0.39, 0.29) is 35.9 Å². The molecule has 2 aromatic heterocycles. The second-order valence-electron chi connectivity index (χ2n) is 7.82. The molecule has 1 atom stereocenters. The minimum atomic E-state index is -4.48. The van der Waals surface area contributed by atoms with Gasteiger partial charge in [-0.25, -0.2) is 15.1 Å². The predicted octanol–water partition coefficient (Wildman–Crippen LogP) is 1.81. The molecule has 3 heterocycles. The summed E-state index contributed by atoms with van der Waals surface area (Å²) in [6.07, 6.45) is -1.31. The van der Waals surface area contributed by atoms with Gasteiger partial charge < -0.3 is 19.4 Å². The van der Waals surface area contributed by atoms with Crippen LogP contribution in [-0.4, -0.2) is 83.5 Å². The number of likely N-dealkylation sites (N-methyl/N-ethyl adjacent to an activating group) is 1. The first-order valence-corrected chi connectivity index (χ1v) is 10.9. The van der Waals surface area contributed by atoms with Crippen molar-refractivity contribution in [1.29, 1.82) is 0 Å². The van der Waals surface area contributed by atoms with E-state index < -0.39 is 17.3 Å². The number of ether oxygens (including phenoxy) is 1. The third kappa shape index (κ3) is 6.35. The van der Waals surface area contributed by atoms with Crippen molar-refractivity contribution in [1.82, 2.24) is 25.1 Å². The van der Waals surface area contributed by atoms with Gasteiger partial charge >= 0.3 is 6.18 Å². The number of carbonyl (C=O) groups excluding carboxylic acids is 1. The van der Waals surface area contributed by atoms with Crippen LogP contribution in [0.3, 0.4) is 0 Å². The highest BCUT2D eigenvalue weighted by Crippen LogP contribution is 2.28. The van der Waals surface area contributed by atoms with Crippen molar-refractivity contribution < 1.29 is 22.7 Å². The molecule has 0 spiro atoms. The van der Waals surface area contributed by atoms with E-state index in [0.717, 1.165) is 12.4 Å². The Balaban J connectivity index is 1.39. The van der Waals surface area contributed by atoms with Crippen molar-refractivity contribution >= 4 is 29.1 Å². The van der Waals surface area contributed by atoms with Crippen LogP contribution in [0.2, 0.25) is 5.02 Å². The van der Waals surface area contributed by atoms with Crippen molar-refractivity contribution in [3.8, 4) is 0 Å². The number of carbonyl (C=O) groups is 1. The molecule has 1 saturated heterocycles. The standard InChI is InChI=1S/C20H25ClF3N7O3/c1-13(29(2)15-11-27-28-18(33)17(15)21)12-34-8-3-16(32)30-4-6-31(7-5-30)19-25-9-14(10-26-19)20(22,23)24/h9-11,13H,3-8,12H2,1-2H3,(H,28,33)/t13-/m0/s1. The van der Waals surface area contributed by atoms with Crippen LogP contribution in [0.1, 0.15) is 18.9 Å². The molecule has 186 valence electrons. The van der Waals surface area contributed by atoms with Crippen LogP contribution in [0.5, 0.6) is 0 Å². The molecule has 1 aliphatic rings. The second-order valence-corrected chi connectivity index (χ2v) is 8.20. The van der Waals surface area contributed by atoms with Crippen LogP contribution in [0, 0.1) is 0 Å². The van der Waals surface area contributed by atoms with Crippen molar-refractivity contribution in [3.63, 3.8) is 0 Å². The number of anilines is 2. The lowest BCUT2D eigenvalue weighted by molar-refractivity contribution is -0.138. The van der Waals surface area contributed by atoms with Gasteiger partial charge in [-0.2, -0.15) is 18.3 Å². The molecule has 0 saturated carbocycles. The maximum atomic E-state index is 12.7. The number of nitrogens with zero attached hydrogens (tertiary/aromatic N) is 6. The van der Waals surface area contributed by atoms with Crippen LogP contribution in [0.15, 0.2) is 23.4 Å². The fourth-order valence-electron chi connectivity index (χ4n) is 3.33. The largest absolute Gasteiger partial charge is 0.419 e. The van der Waals surface area contributed by atoms with E-state index in [0.29, 0.717) is 38.5 Å². The molecular formula is C20H25ClF3N7O3. The number of rotatable bonds is 8. The summed E-state index contributed by atoms with van der Waals surface area (Å²) in [4.78, 5) is 36.9. The third-order valence-electron chi connectivity index (χ3n) is 5.52. The zero-order valence-corrected chi connectivity index (χ0v) is 19.4. The zero-order chi connectivity index (χ0) is 24.9. The van der Waals surface area contributed by atoms with Crippen LogP contribution in [0.25, 0.3) is 0 Å². The summed E-state index contributed by atoms with van der Waals surface area (Å²) in [6.45, 7) is 4.09. The molecule has 0 bridgehead atoms. The normalized spacial score (nSPS) is 15.4. The average molecular weight is 504 g/mol. The molecule has 0 unspecified atom stereocenters. The lowest BCUT2D eigenvalue weighted by Gasteiger charge is -2.34. The number of nitrogens with one attached hydrogen (secondary N) is 1. The van der Waals surface area contributed by atoms with Gasteiger partial charge in [-0.1, -0.05) is 11.6 Å². The summed E-state index contributed by atoms with van der Waals surface area (Å²) in [5.41, 5.74) is -0.898. The summed E-state index contributed by atoms with van der Waals surface area (Å²) < 4.78 is 43.6. The molecule has 1 fully saturated rings. The molecule has 1 amide bonds. The predicted molar refractivity (Wildman–Crippen MR) is 119 cm³/mol. The minimum absolute atomic E-state index is 0.0420. The number of hydrogen-bond acceptors (Lipinski definition) is 8. The number of amides is 1. The molecule has 3 rings (SSSR count). The smallest absolute Gasteiger partial charge is 0.379 e. The lowest BCUT2D eigenvalue weighted by atomic mass is 10.2. The number of alkyl halides is 3. The number of H-pyrrole nitrogens is 1. The maximum absolute atomic E-state index is 12.7. The Morgan fingerprint density at radius 1 is 1.24 bits per heavy atom. The van der Waals surface area contributed by atoms with Gasteiger partial charge in [-0.15, -0.1) is 0 Å². The van der Waals surface area contributed by atoms with Gasteiger partial charge in [0.25, 0.3) is 5.56 Å². The van der Waals surface area contributed by atoms with E-state index in [9.17, 15) is 22.8 Å². The van der Waals surface area contributed by atoms with E-state index in [1.165, 1.54) is 6.20 Å². The highest BCUT2D eigenvalue weighted by Gasteiger charge is 2.32. The Labute approximate surface area is 198 Å². The summed E-state index contributed by atoms with van der Waals surface area (Å²) in [5, 5.41) is 6.05. The van der Waals surface area contributed by atoms with Gasteiger partial charge in [0.1, 0.15) is 5.02 Å². The van der Waals surface area contributed by atoms with Gasteiger partial charge in [-0.05, 0) is 6.92 Å². The van der Waals surface area contributed by atoms with Gasteiger partial charge in [-0.3, -0.25) is 9.59 Å². The summed E-state index contributed by atoms with van der Waals surface area (Å²) in [7, 11) is 1.77. The first-order chi connectivity index (χ1) is 16.1. The second kappa shape index (κ2) is 11.0. The molecule has 10 nitrogen and oxygen atoms in total. The van der Waals surface area contributed by atoms with Gasteiger partial charge in [0.15, 0.2) is 0 Å². The van der Waals surface area contributed by atoms with Crippen molar-refractivity contribution in [2.24, 2.45) is 0 Å². The SMILES string of the molecule is C[C@@H](COCCC(=O)N1CCN(c2ncc(C(F)(F)F)cn2)CC1)N(C)c1cn[nH]c(=O)c1Cl. The summed E-state index contributed by atoms with van der Waals surface area (Å²) in [5.74, 6) is 0.132. The first-order valence-electron chi connectivity index (χ1n) is 10.5. The Morgan fingerprint density at radius 3 is 2.50 bits per heavy atom. The monoisotopic (exact) mass is 503 g/mol. The molecule has 1 aliphatic heterocycles. The Morgan fingerprint density at radius 2 is 1.88 bits per heavy atom. The van der Waals surface area contributed by atoms with Crippen molar-refractivity contribution in [2.45, 2.75) is 25.6 Å². The molecule has 0 aromatic carbocycles. The number of piperazine rings is 1. The van der Waals surface area contributed by atoms with Crippen LogP contribution in [0.4, 0.5) is 24.8 Å². The Bertz CT molecular complexity index is 1030. The molecule has 0 aliphatic carbocycles. The summed E-state index contributed by atoms with van der Waals surface area (Å²) >= 11 is 6.02. The van der Waals surface area contributed by atoms with E-state index >= 15 is 0 Å². The van der Waals surface area contributed by atoms with Crippen LogP contribution >= 0.6 is 11.6 Å². The minimum Gasteiger partial charge on any atom is -0.379 e. The van der Waals surface area contributed by atoms with Crippen molar-refractivity contribution in [3.05, 3.63) is 39.5 Å². The van der Waals surface area contributed by atoms with E-state index in [4.69, 9.17) is 16.3 Å². The van der Waals surface area contributed by atoms with Gasteiger partial charge in [0, 0.05) is 51.7 Å². The zero-order valence-electron chi connectivity index (χ0n) is 18.7. The maximum Gasteiger partial charge on any atom is 0.419 e. The van der Waals surface area contributed by atoms with Crippen LogP contribution in [-0.2, 0) is 15.7 Å². The molecular weight excluding hydrogens is 479 g/mol. The molecule has 1 N–H and O–H groups in total. The Kier molecular flexibility index (Phi) is 8.31.